The van der Waals surface area contributed by atoms with E-state index in [4.69, 9.17) is 5.11 Å². The van der Waals surface area contributed by atoms with Gasteiger partial charge in [0.15, 0.2) is 0 Å². The number of aryl methyl sites for hydroxylation is 1. The fourth-order valence-corrected chi connectivity index (χ4v) is 1.12. The number of aliphatic hydroxyl groups is 1. The van der Waals surface area contributed by atoms with Crippen molar-refractivity contribution in [2.75, 3.05) is 0 Å². The van der Waals surface area contributed by atoms with Crippen molar-refractivity contribution in [2.45, 2.75) is 6.61 Å². The van der Waals surface area contributed by atoms with Crippen molar-refractivity contribution in [3.8, 4) is 0 Å². The Morgan fingerprint density at radius 1 is 1.55 bits per heavy atom. The third kappa shape index (κ3) is 0.832. The Balaban J connectivity index is 2.70. The van der Waals surface area contributed by atoms with Crippen molar-refractivity contribution in [3.05, 3.63) is 24.2 Å². The summed E-state index contributed by atoms with van der Waals surface area (Å²) in [6.07, 6.45) is 3.78. The predicted octanol–water partition coefficient (Wildman–Crippen LogP) is 0.165. The molecule has 0 saturated carbocycles. The molecule has 0 aliphatic rings. The number of hydrogen-bond acceptors (Lipinski definition) is 2. The number of fused-ring (bicyclic) bond motifs is 1. The van der Waals surface area contributed by atoms with E-state index in [0.29, 0.717) is 5.69 Å². The van der Waals surface area contributed by atoms with Gasteiger partial charge < -0.3 is 9.67 Å². The molecule has 4 heteroatoms. The van der Waals surface area contributed by atoms with Crippen LogP contribution in [0.3, 0.4) is 0 Å². The van der Waals surface area contributed by atoms with Crippen molar-refractivity contribution >= 4 is 5.65 Å². The Kier molecular flexibility index (Phi) is 1.22. The Morgan fingerprint density at radius 2 is 2.36 bits per heavy atom. The van der Waals surface area contributed by atoms with E-state index in [2.05, 4.69) is 5.10 Å². The first-order valence-corrected chi connectivity index (χ1v) is 3.41. The van der Waals surface area contributed by atoms with Gasteiger partial charge in [-0.05, 0) is 0 Å². The second-order valence-electron chi connectivity index (χ2n) is 2.51. The molecule has 58 valence electrons. The molecule has 0 unspecified atom stereocenters. The Hall–Kier alpha value is -1.29. The van der Waals surface area contributed by atoms with Gasteiger partial charge in [-0.2, -0.15) is 5.10 Å². The van der Waals surface area contributed by atoms with Crippen LogP contribution < -0.4 is 0 Å². The van der Waals surface area contributed by atoms with Gasteiger partial charge >= 0.3 is 0 Å². The molecule has 0 atom stereocenters. The van der Waals surface area contributed by atoms with Crippen LogP contribution in [0.4, 0.5) is 0 Å². The standard InChI is InChI=1S/C7H9N3O/c1-9-2-3-10-7(9)4-6(5-11)8-10/h2-4,11H,5H2,1H3. The van der Waals surface area contributed by atoms with Gasteiger partial charge in [-0.15, -0.1) is 0 Å². The van der Waals surface area contributed by atoms with Crippen LogP contribution in [0.2, 0.25) is 0 Å². The Bertz CT molecular complexity index is 374. The maximum absolute atomic E-state index is 8.76. The van der Waals surface area contributed by atoms with Gasteiger partial charge in [-0.3, -0.25) is 0 Å². The number of aliphatic hydroxyl groups excluding tert-OH is 1. The lowest BCUT2D eigenvalue weighted by Gasteiger charge is -1.85. The van der Waals surface area contributed by atoms with Crippen molar-refractivity contribution in [1.29, 1.82) is 0 Å². The minimum Gasteiger partial charge on any atom is -0.390 e. The normalized spacial score (nSPS) is 11.1. The Labute approximate surface area is 63.7 Å². The van der Waals surface area contributed by atoms with E-state index in [1.165, 1.54) is 0 Å². The van der Waals surface area contributed by atoms with Gasteiger partial charge in [0.2, 0.25) is 0 Å². The molecule has 0 aliphatic heterocycles. The first kappa shape index (κ1) is 6.42. The number of hydrogen-bond donors (Lipinski definition) is 1. The van der Waals surface area contributed by atoms with Gasteiger partial charge in [0.05, 0.1) is 12.3 Å². The monoisotopic (exact) mass is 151 g/mol. The third-order valence-corrected chi connectivity index (χ3v) is 1.72. The lowest BCUT2D eigenvalue weighted by molar-refractivity contribution is 0.276. The van der Waals surface area contributed by atoms with Crippen LogP contribution in [0.15, 0.2) is 18.5 Å². The quantitative estimate of drug-likeness (QED) is 0.631. The summed E-state index contributed by atoms with van der Waals surface area (Å²) < 4.78 is 3.69. The summed E-state index contributed by atoms with van der Waals surface area (Å²) >= 11 is 0. The van der Waals surface area contributed by atoms with Crippen molar-refractivity contribution in [1.82, 2.24) is 14.2 Å². The maximum Gasteiger partial charge on any atom is 0.135 e. The average molecular weight is 151 g/mol. The minimum absolute atomic E-state index is 0.00167. The van der Waals surface area contributed by atoms with E-state index in [0.717, 1.165) is 5.65 Å². The fourth-order valence-electron chi connectivity index (χ4n) is 1.12. The molecule has 1 N–H and O–H groups in total. The number of rotatable bonds is 1. The molecular formula is C7H9N3O. The SMILES string of the molecule is Cn1ccn2nc(CO)cc12. The van der Waals surface area contributed by atoms with Crippen LogP contribution in [0.1, 0.15) is 5.69 Å². The summed E-state index contributed by atoms with van der Waals surface area (Å²) in [5.41, 5.74) is 1.70. The lowest BCUT2D eigenvalue weighted by atomic mass is 10.4. The van der Waals surface area contributed by atoms with Gasteiger partial charge in [-0.1, -0.05) is 0 Å². The molecule has 0 aromatic carbocycles. The first-order chi connectivity index (χ1) is 5.31. The smallest absolute Gasteiger partial charge is 0.135 e. The molecule has 2 aromatic rings. The predicted molar refractivity (Wildman–Crippen MR) is 40.1 cm³/mol. The number of imidazole rings is 1. The molecule has 0 spiro atoms. The van der Waals surface area contributed by atoms with Gasteiger partial charge in [-0.25, -0.2) is 4.52 Å². The molecule has 2 rings (SSSR count). The minimum atomic E-state index is 0.00167. The molecule has 11 heavy (non-hydrogen) atoms. The molecule has 0 aliphatic carbocycles. The summed E-state index contributed by atoms with van der Waals surface area (Å²) in [7, 11) is 1.94. The lowest BCUT2D eigenvalue weighted by Crippen LogP contribution is -1.85. The topological polar surface area (TPSA) is 42.5 Å². The van der Waals surface area contributed by atoms with Crippen LogP contribution in [0, 0.1) is 0 Å². The van der Waals surface area contributed by atoms with E-state index in [1.807, 2.05) is 30.1 Å². The molecule has 0 radical (unpaired) electrons. The molecule has 2 aromatic heterocycles. The summed E-state index contributed by atoms with van der Waals surface area (Å²) in [6, 6.07) is 1.86. The van der Waals surface area contributed by atoms with Gasteiger partial charge in [0.1, 0.15) is 5.65 Å². The molecule has 0 amide bonds. The molecule has 0 fully saturated rings. The first-order valence-electron chi connectivity index (χ1n) is 3.41. The summed E-state index contributed by atoms with van der Waals surface area (Å²) in [6.45, 7) is 0.00167. The van der Waals surface area contributed by atoms with E-state index in [-0.39, 0.29) is 6.61 Å². The maximum atomic E-state index is 8.76. The highest BCUT2D eigenvalue weighted by atomic mass is 16.3. The molecule has 4 nitrogen and oxygen atoms in total. The Morgan fingerprint density at radius 3 is 3.00 bits per heavy atom. The van der Waals surface area contributed by atoms with Crippen LogP contribution in [0.25, 0.3) is 5.65 Å². The van der Waals surface area contributed by atoms with E-state index >= 15 is 0 Å². The summed E-state index contributed by atoms with van der Waals surface area (Å²) in [5, 5.41) is 12.9. The highest BCUT2D eigenvalue weighted by Crippen LogP contribution is 2.05. The zero-order valence-electron chi connectivity index (χ0n) is 6.23. The number of nitrogens with zero attached hydrogens (tertiary/aromatic N) is 3. The number of aromatic nitrogens is 3. The largest absolute Gasteiger partial charge is 0.390 e. The second kappa shape index (κ2) is 2.10. The van der Waals surface area contributed by atoms with Crippen LogP contribution in [0.5, 0.6) is 0 Å². The van der Waals surface area contributed by atoms with E-state index in [9.17, 15) is 0 Å². The van der Waals surface area contributed by atoms with Crippen molar-refractivity contribution in [2.24, 2.45) is 7.05 Å². The zero-order valence-corrected chi connectivity index (χ0v) is 6.23. The van der Waals surface area contributed by atoms with Gasteiger partial charge in [0.25, 0.3) is 0 Å². The van der Waals surface area contributed by atoms with Gasteiger partial charge in [0, 0.05) is 25.5 Å². The fraction of sp³-hybridized carbons (Fsp3) is 0.286. The molecule has 0 saturated heterocycles. The second-order valence-corrected chi connectivity index (χ2v) is 2.51. The van der Waals surface area contributed by atoms with Crippen molar-refractivity contribution in [3.63, 3.8) is 0 Å². The highest BCUT2D eigenvalue weighted by Gasteiger charge is 2.01. The zero-order chi connectivity index (χ0) is 7.84. The molecule has 2 heterocycles. The summed E-state index contributed by atoms with van der Waals surface area (Å²) in [4.78, 5) is 0. The summed E-state index contributed by atoms with van der Waals surface area (Å²) in [5.74, 6) is 0. The van der Waals surface area contributed by atoms with Crippen LogP contribution in [-0.2, 0) is 13.7 Å². The molecule has 0 bridgehead atoms. The van der Waals surface area contributed by atoms with E-state index in [1.54, 1.807) is 4.52 Å². The van der Waals surface area contributed by atoms with Crippen LogP contribution in [-0.4, -0.2) is 19.3 Å². The van der Waals surface area contributed by atoms with Crippen molar-refractivity contribution < 1.29 is 5.11 Å². The highest BCUT2D eigenvalue weighted by molar-refractivity contribution is 5.40. The van der Waals surface area contributed by atoms with E-state index < -0.39 is 0 Å². The third-order valence-electron chi connectivity index (χ3n) is 1.72. The van der Waals surface area contributed by atoms with Crippen LogP contribution >= 0.6 is 0 Å². The average Bonchev–Trinajstić information content (AvgIpc) is 2.53. The molecular weight excluding hydrogens is 142 g/mol.